The van der Waals surface area contributed by atoms with Crippen LogP contribution in [0.2, 0.25) is 0 Å². The van der Waals surface area contributed by atoms with Gasteiger partial charge in [0.25, 0.3) is 10.0 Å². The van der Waals surface area contributed by atoms with E-state index in [0.717, 1.165) is 11.1 Å². The van der Waals surface area contributed by atoms with Gasteiger partial charge < -0.3 is 4.74 Å². The average Bonchev–Trinajstić information content (AvgIpc) is 2.65. The van der Waals surface area contributed by atoms with Gasteiger partial charge >= 0.3 is 0 Å². The maximum Gasteiger partial charge on any atom is 0.265 e. The molecule has 0 heterocycles. The molecule has 0 aliphatic heterocycles. The highest BCUT2D eigenvalue weighted by atomic mass is 79.9. The topological polar surface area (TPSA) is 55.4 Å². The first-order chi connectivity index (χ1) is 13.0. The van der Waals surface area contributed by atoms with Crippen LogP contribution < -0.4 is 9.46 Å². The van der Waals surface area contributed by atoms with Crippen LogP contribution in [0.15, 0.2) is 82.2 Å². The van der Waals surface area contributed by atoms with E-state index in [0.29, 0.717) is 28.9 Å². The molecule has 140 valence electrons. The van der Waals surface area contributed by atoms with Crippen molar-refractivity contribution >= 4 is 31.6 Å². The van der Waals surface area contributed by atoms with Gasteiger partial charge in [-0.2, -0.15) is 0 Å². The van der Waals surface area contributed by atoms with Crippen molar-refractivity contribution in [2.45, 2.75) is 18.2 Å². The number of ether oxygens (including phenoxy) is 1. The second-order valence-corrected chi connectivity index (χ2v) is 8.52. The first-order valence-corrected chi connectivity index (χ1v) is 10.8. The van der Waals surface area contributed by atoms with E-state index in [1.165, 1.54) is 0 Å². The molecule has 0 aromatic heterocycles. The summed E-state index contributed by atoms with van der Waals surface area (Å²) < 4.78 is 35.0. The second kappa shape index (κ2) is 8.59. The number of hydrogen-bond acceptors (Lipinski definition) is 3. The lowest BCUT2D eigenvalue weighted by Gasteiger charge is -2.15. The molecule has 4 nitrogen and oxygen atoms in total. The molecule has 0 aliphatic carbocycles. The summed E-state index contributed by atoms with van der Waals surface area (Å²) in [5.41, 5.74) is 2.57. The van der Waals surface area contributed by atoms with Gasteiger partial charge in [-0.1, -0.05) is 64.5 Å². The minimum Gasteiger partial charge on any atom is -0.492 e. The second-order valence-electron chi connectivity index (χ2n) is 5.95. The number of sulfonamides is 1. The van der Waals surface area contributed by atoms with Gasteiger partial charge in [0, 0.05) is 4.47 Å². The van der Waals surface area contributed by atoms with Crippen molar-refractivity contribution in [3.63, 3.8) is 0 Å². The molecule has 0 unspecified atom stereocenters. The Labute approximate surface area is 168 Å². The molecule has 0 bridgehead atoms. The fourth-order valence-electron chi connectivity index (χ4n) is 2.76. The Bertz CT molecular complexity index is 1020. The molecule has 0 amide bonds. The van der Waals surface area contributed by atoms with Crippen molar-refractivity contribution in [3.05, 3.63) is 88.4 Å². The third-order valence-corrected chi connectivity index (χ3v) is 5.87. The zero-order chi connectivity index (χ0) is 19.3. The normalized spacial score (nSPS) is 11.2. The highest BCUT2D eigenvalue weighted by Crippen LogP contribution is 2.30. The summed E-state index contributed by atoms with van der Waals surface area (Å²) in [6.45, 7) is 2.20. The molecule has 3 rings (SSSR count). The summed E-state index contributed by atoms with van der Waals surface area (Å²) in [5, 5.41) is 0. The van der Waals surface area contributed by atoms with Crippen LogP contribution in [0, 0.1) is 0 Å². The SMILES string of the molecule is CCOc1ccc(Br)cc1S(=O)(=O)Nc1ccccc1Cc1ccccc1. The van der Waals surface area contributed by atoms with E-state index in [4.69, 9.17) is 4.74 Å². The molecule has 6 heteroatoms. The Morgan fingerprint density at radius 3 is 2.41 bits per heavy atom. The third-order valence-electron chi connectivity index (χ3n) is 3.99. The van der Waals surface area contributed by atoms with E-state index in [1.54, 1.807) is 24.3 Å². The molecule has 3 aromatic rings. The van der Waals surface area contributed by atoms with Crippen LogP contribution in [0.25, 0.3) is 0 Å². The summed E-state index contributed by atoms with van der Waals surface area (Å²) in [6, 6.07) is 22.3. The van der Waals surface area contributed by atoms with Crippen molar-refractivity contribution in [3.8, 4) is 5.75 Å². The molecule has 0 spiro atoms. The molecule has 0 atom stereocenters. The predicted octanol–water partition coefficient (Wildman–Crippen LogP) is 5.24. The molecule has 0 saturated carbocycles. The van der Waals surface area contributed by atoms with Gasteiger partial charge in [-0.15, -0.1) is 0 Å². The number of nitrogens with one attached hydrogen (secondary N) is 1. The number of anilines is 1. The Balaban J connectivity index is 1.94. The van der Waals surface area contributed by atoms with E-state index in [9.17, 15) is 8.42 Å². The first kappa shape index (κ1) is 19.5. The van der Waals surface area contributed by atoms with E-state index in [2.05, 4.69) is 20.7 Å². The Kier molecular flexibility index (Phi) is 6.19. The first-order valence-electron chi connectivity index (χ1n) is 8.56. The summed E-state index contributed by atoms with van der Waals surface area (Å²) in [4.78, 5) is 0.105. The number of rotatable bonds is 7. The van der Waals surface area contributed by atoms with E-state index in [1.807, 2.05) is 55.5 Å². The third kappa shape index (κ3) is 4.90. The average molecular weight is 446 g/mol. The Morgan fingerprint density at radius 2 is 1.67 bits per heavy atom. The smallest absolute Gasteiger partial charge is 0.265 e. The summed E-state index contributed by atoms with van der Waals surface area (Å²) in [6.07, 6.45) is 0.635. The Hall–Kier alpha value is -2.31. The van der Waals surface area contributed by atoms with Gasteiger partial charge in [-0.25, -0.2) is 8.42 Å². The summed E-state index contributed by atoms with van der Waals surface area (Å²) >= 11 is 3.34. The number of para-hydroxylation sites is 1. The van der Waals surface area contributed by atoms with E-state index >= 15 is 0 Å². The van der Waals surface area contributed by atoms with Crippen LogP contribution in [0.1, 0.15) is 18.1 Å². The van der Waals surface area contributed by atoms with Crippen molar-refractivity contribution < 1.29 is 13.2 Å². The quantitative estimate of drug-likeness (QED) is 0.540. The largest absolute Gasteiger partial charge is 0.492 e. The van der Waals surface area contributed by atoms with Crippen LogP contribution in [-0.2, 0) is 16.4 Å². The van der Waals surface area contributed by atoms with Gasteiger partial charge in [0.05, 0.1) is 12.3 Å². The zero-order valence-corrected chi connectivity index (χ0v) is 17.3. The minimum absolute atomic E-state index is 0.105. The zero-order valence-electron chi connectivity index (χ0n) is 14.9. The number of hydrogen-bond donors (Lipinski definition) is 1. The monoisotopic (exact) mass is 445 g/mol. The maximum absolute atomic E-state index is 13.0. The molecule has 3 aromatic carbocycles. The molecule has 27 heavy (non-hydrogen) atoms. The van der Waals surface area contributed by atoms with Gasteiger partial charge in [-0.3, -0.25) is 4.72 Å². The fraction of sp³-hybridized carbons (Fsp3) is 0.143. The molecular weight excluding hydrogens is 426 g/mol. The lowest BCUT2D eigenvalue weighted by atomic mass is 10.0. The lowest BCUT2D eigenvalue weighted by molar-refractivity contribution is 0.331. The van der Waals surface area contributed by atoms with Crippen molar-refractivity contribution in [1.82, 2.24) is 0 Å². The molecule has 0 radical (unpaired) electrons. The van der Waals surface area contributed by atoms with Gasteiger partial charge in [0.15, 0.2) is 0 Å². The van der Waals surface area contributed by atoms with Crippen molar-refractivity contribution in [1.29, 1.82) is 0 Å². The number of benzene rings is 3. The molecular formula is C21H20BrNO3S. The molecule has 0 saturated heterocycles. The van der Waals surface area contributed by atoms with Crippen LogP contribution in [-0.4, -0.2) is 15.0 Å². The molecule has 0 aliphatic rings. The standard InChI is InChI=1S/C21H20BrNO3S/c1-2-26-20-13-12-18(22)15-21(20)27(24,25)23-19-11-7-6-10-17(19)14-16-8-4-3-5-9-16/h3-13,15,23H,2,14H2,1H3. The van der Waals surface area contributed by atoms with Crippen molar-refractivity contribution in [2.24, 2.45) is 0 Å². The van der Waals surface area contributed by atoms with Crippen LogP contribution in [0.4, 0.5) is 5.69 Å². The van der Waals surface area contributed by atoms with Gasteiger partial charge in [-0.05, 0) is 48.7 Å². The molecule has 1 N–H and O–H groups in total. The van der Waals surface area contributed by atoms with Crippen LogP contribution >= 0.6 is 15.9 Å². The van der Waals surface area contributed by atoms with E-state index in [-0.39, 0.29) is 4.90 Å². The van der Waals surface area contributed by atoms with Crippen LogP contribution in [0.5, 0.6) is 5.75 Å². The summed E-state index contributed by atoms with van der Waals surface area (Å²) in [5.74, 6) is 0.328. The highest BCUT2D eigenvalue weighted by Gasteiger charge is 2.21. The predicted molar refractivity (Wildman–Crippen MR) is 112 cm³/mol. The minimum atomic E-state index is -3.81. The van der Waals surface area contributed by atoms with Crippen molar-refractivity contribution in [2.75, 3.05) is 11.3 Å². The Morgan fingerprint density at radius 1 is 0.963 bits per heavy atom. The van der Waals surface area contributed by atoms with E-state index < -0.39 is 10.0 Å². The van der Waals surface area contributed by atoms with Gasteiger partial charge in [0.2, 0.25) is 0 Å². The summed E-state index contributed by atoms with van der Waals surface area (Å²) in [7, 11) is -3.81. The van der Waals surface area contributed by atoms with Crippen LogP contribution in [0.3, 0.4) is 0 Å². The lowest BCUT2D eigenvalue weighted by Crippen LogP contribution is -2.16. The fourth-order valence-corrected chi connectivity index (χ4v) is 4.54. The molecule has 0 fully saturated rings. The maximum atomic E-state index is 13.0. The van der Waals surface area contributed by atoms with Gasteiger partial charge in [0.1, 0.15) is 10.6 Å². The number of halogens is 1. The highest BCUT2D eigenvalue weighted by molar-refractivity contribution is 9.10.